The summed E-state index contributed by atoms with van der Waals surface area (Å²) in [6, 6.07) is 10.2. The van der Waals surface area contributed by atoms with Crippen LogP contribution < -0.4 is 15.0 Å². The minimum Gasteiger partial charge on any atom is -0.492 e. The van der Waals surface area contributed by atoms with E-state index in [0.29, 0.717) is 23.5 Å². The Bertz CT molecular complexity index is 1520. The van der Waals surface area contributed by atoms with E-state index in [2.05, 4.69) is 11.4 Å². The molecule has 1 fully saturated rings. The lowest BCUT2D eigenvalue weighted by Gasteiger charge is -2.27. The number of hydrogen-bond donors (Lipinski definition) is 1. The molecule has 2 aromatic heterocycles. The van der Waals surface area contributed by atoms with Crippen LogP contribution in [0.15, 0.2) is 35.9 Å². The van der Waals surface area contributed by atoms with Gasteiger partial charge in [0.05, 0.1) is 17.9 Å². The van der Waals surface area contributed by atoms with E-state index in [1.54, 1.807) is 42.5 Å². The van der Waals surface area contributed by atoms with Gasteiger partial charge in [-0.1, -0.05) is 12.1 Å². The molecule has 9 heteroatoms. The molecule has 3 aromatic rings. The smallest absolute Gasteiger partial charge is 0.336 e. The Morgan fingerprint density at radius 3 is 2.68 bits per heavy atom. The third-order valence-corrected chi connectivity index (χ3v) is 8.02. The van der Waals surface area contributed by atoms with Gasteiger partial charge in [0, 0.05) is 16.3 Å². The van der Waals surface area contributed by atoms with Gasteiger partial charge in [-0.05, 0) is 81.9 Å². The van der Waals surface area contributed by atoms with Gasteiger partial charge in [0.15, 0.2) is 0 Å². The summed E-state index contributed by atoms with van der Waals surface area (Å²) in [5.41, 5.74) is 4.31. The predicted octanol–water partition coefficient (Wildman–Crippen LogP) is 4.97. The monoisotopic (exact) mass is 514 g/mol. The number of nitrogens with zero attached hydrogens (tertiary/aromatic N) is 3. The SMILES string of the molecule is CCOc1ccccc1N1C(=O)NC(=O)/C(=C\c2cc(C)n(-c3sc4c(c3C#N)CCCC4)c2C)C1=O. The average molecular weight is 515 g/mol. The molecule has 0 spiro atoms. The molecule has 0 unspecified atom stereocenters. The second kappa shape index (κ2) is 9.71. The van der Waals surface area contributed by atoms with E-state index in [-0.39, 0.29) is 11.3 Å². The maximum Gasteiger partial charge on any atom is 0.336 e. The third kappa shape index (κ3) is 4.13. The lowest BCUT2D eigenvalue weighted by Crippen LogP contribution is -2.54. The fourth-order valence-corrected chi connectivity index (χ4v) is 6.47. The Labute approximate surface area is 218 Å². The zero-order chi connectivity index (χ0) is 26.3. The highest BCUT2D eigenvalue weighted by Gasteiger charge is 2.38. The fourth-order valence-electron chi connectivity index (χ4n) is 5.02. The first-order valence-electron chi connectivity index (χ1n) is 12.2. The van der Waals surface area contributed by atoms with Crippen molar-refractivity contribution in [1.82, 2.24) is 9.88 Å². The number of thiophene rings is 1. The maximum absolute atomic E-state index is 13.5. The molecule has 5 rings (SSSR count). The van der Waals surface area contributed by atoms with Crippen LogP contribution in [0.5, 0.6) is 5.75 Å². The molecule has 0 saturated carbocycles. The van der Waals surface area contributed by atoms with Gasteiger partial charge in [0.1, 0.15) is 22.4 Å². The van der Waals surface area contributed by atoms with Crippen LogP contribution in [0.2, 0.25) is 0 Å². The molecule has 8 nitrogen and oxygen atoms in total. The number of anilines is 1. The van der Waals surface area contributed by atoms with E-state index in [1.165, 1.54) is 11.0 Å². The normalized spacial score (nSPS) is 16.5. The van der Waals surface area contributed by atoms with Gasteiger partial charge in [-0.25, -0.2) is 9.69 Å². The number of imide groups is 2. The number of fused-ring (bicyclic) bond motifs is 1. The highest BCUT2D eigenvalue weighted by atomic mass is 32.1. The molecule has 0 bridgehead atoms. The predicted molar refractivity (Wildman–Crippen MR) is 141 cm³/mol. The summed E-state index contributed by atoms with van der Waals surface area (Å²) in [7, 11) is 0. The highest BCUT2D eigenvalue weighted by Crippen LogP contribution is 2.39. The number of rotatable bonds is 5. The number of carbonyl (C=O) groups is 3. The van der Waals surface area contributed by atoms with Gasteiger partial charge in [-0.3, -0.25) is 14.9 Å². The standard InChI is InChI=1S/C28H26N4O4S/c1-4-36-23-11-7-6-10-22(23)32-26(34)20(25(33)30-28(32)35)14-18-13-16(2)31(17(18)3)27-21(15-29)19-9-5-8-12-24(19)37-27/h6-7,10-11,13-14H,4-5,8-9,12H2,1-3H3,(H,30,33,35)/b20-14+. The number of amides is 4. The number of carbonyl (C=O) groups excluding carboxylic acids is 3. The van der Waals surface area contributed by atoms with E-state index >= 15 is 0 Å². The number of aryl methyl sites for hydroxylation is 2. The number of ether oxygens (including phenoxy) is 1. The van der Waals surface area contributed by atoms with Crippen LogP contribution in [0.3, 0.4) is 0 Å². The van der Waals surface area contributed by atoms with Crippen molar-refractivity contribution in [2.24, 2.45) is 0 Å². The Morgan fingerprint density at radius 1 is 1.16 bits per heavy atom. The van der Waals surface area contributed by atoms with Crippen LogP contribution in [0.1, 0.15) is 52.7 Å². The Morgan fingerprint density at radius 2 is 1.92 bits per heavy atom. The number of benzene rings is 1. The van der Waals surface area contributed by atoms with Gasteiger partial charge < -0.3 is 9.30 Å². The number of aromatic nitrogens is 1. The summed E-state index contributed by atoms with van der Waals surface area (Å²) in [5, 5.41) is 13.1. The first-order chi connectivity index (χ1) is 17.8. The molecule has 188 valence electrons. The number of hydrogen-bond acceptors (Lipinski definition) is 6. The molecule has 1 N–H and O–H groups in total. The van der Waals surface area contributed by atoms with Crippen LogP contribution in [-0.2, 0) is 22.4 Å². The molecule has 1 saturated heterocycles. The minimum atomic E-state index is -0.826. The molecule has 3 heterocycles. The number of urea groups is 1. The van der Waals surface area contributed by atoms with E-state index in [4.69, 9.17) is 4.74 Å². The zero-order valence-corrected chi connectivity index (χ0v) is 21.7. The zero-order valence-electron chi connectivity index (χ0n) is 20.9. The minimum absolute atomic E-state index is 0.155. The first kappa shape index (κ1) is 24.5. The molecule has 0 radical (unpaired) electrons. The third-order valence-electron chi connectivity index (χ3n) is 6.75. The van der Waals surface area contributed by atoms with E-state index in [0.717, 1.165) is 52.5 Å². The summed E-state index contributed by atoms with van der Waals surface area (Å²) in [5.74, 6) is -1.12. The van der Waals surface area contributed by atoms with Crippen molar-refractivity contribution in [1.29, 1.82) is 5.26 Å². The first-order valence-corrected chi connectivity index (χ1v) is 13.0. The Kier molecular flexibility index (Phi) is 6.44. The quantitative estimate of drug-likeness (QED) is 0.382. The molecule has 4 amide bonds. The largest absolute Gasteiger partial charge is 0.492 e. The lowest BCUT2D eigenvalue weighted by atomic mass is 9.96. The van der Waals surface area contributed by atoms with Crippen LogP contribution >= 0.6 is 11.3 Å². The molecule has 1 aliphatic heterocycles. The highest BCUT2D eigenvalue weighted by molar-refractivity contribution is 7.15. The fraction of sp³-hybridized carbons (Fsp3) is 0.286. The van der Waals surface area contributed by atoms with Crippen LogP contribution in [0, 0.1) is 25.2 Å². The van der Waals surface area contributed by atoms with Crippen molar-refractivity contribution >= 4 is 40.9 Å². The summed E-state index contributed by atoms with van der Waals surface area (Å²) in [6.45, 7) is 6.00. The molecule has 1 aromatic carbocycles. The number of nitrogens with one attached hydrogen (secondary N) is 1. The lowest BCUT2D eigenvalue weighted by molar-refractivity contribution is -0.122. The topological polar surface area (TPSA) is 104 Å². The number of para-hydroxylation sites is 2. The average Bonchev–Trinajstić information content (AvgIpc) is 3.38. The van der Waals surface area contributed by atoms with Gasteiger partial charge in [-0.15, -0.1) is 11.3 Å². The summed E-state index contributed by atoms with van der Waals surface area (Å²) in [4.78, 5) is 41.2. The molecular weight excluding hydrogens is 488 g/mol. The van der Waals surface area contributed by atoms with E-state index < -0.39 is 17.8 Å². The second-order valence-corrected chi connectivity index (χ2v) is 10.1. The second-order valence-electron chi connectivity index (χ2n) is 9.02. The van der Waals surface area contributed by atoms with E-state index in [9.17, 15) is 19.6 Å². The molecular formula is C28H26N4O4S. The van der Waals surface area contributed by atoms with Crippen molar-refractivity contribution < 1.29 is 19.1 Å². The van der Waals surface area contributed by atoms with Crippen LogP contribution in [-0.4, -0.2) is 29.0 Å². The maximum atomic E-state index is 13.5. The molecule has 37 heavy (non-hydrogen) atoms. The molecule has 1 aliphatic carbocycles. The van der Waals surface area contributed by atoms with Gasteiger partial charge in [0.2, 0.25) is 0 Å². The van der Waals surface area contributed by atoms with Gasteiger partial charge >= 0.3 is 6.03 Å². The van der Waals surface area contributed by atoms with Crippen molar-refractivity contribution in [3.8, 4) is 16.8 Å². The van der Waals surface area contributed by atoms with Crippen molar-refractivity contribution in [2.45, 2.75) is 46.5 Å². The van der Waals surface area contributed by atoms with Crippen LogP contribution in [0.4, 0.5) is 10.5 Å². The summed E-state index contributed by atoms with van der Waals surface area (Å²) >= 11 is 1.64. The number of barbiturate groups is 1. The summed E-state index contributed by atoms with van der Waals surface area (Å²) in [6.07, 6.45) is 5.60. The Hall–Kier alpha value is -4.16. The van der Waals surface area contributed by atoms with Gasteiger partial charge in [0.25, 0.3) is 11.8 Å². The molecule has 2 aliphatic rings. The Balaban J connectivity index is 1.57. The number of nitriles is 1. The molecule has 0 atom stereocenters. The van der Waals surface area contributed by atoms with Crippen molar-refractivity contribution in [2.75, 3.05) is 11.5 Å². The van der Waals surface area contributed by atoms with Crippen LogP contribution in [0.25, 0.3) is 11.1 Å². The van der Waals surface area contributed by atoms with Crippen molar-refractivity contribution in [3.63, 3.8) is 0 Å². The van der Waals surface area contributed by atoms with Gasteiger partial charge in [-0.2, -0.15) is 5.26 Å². The van der Waals surface area contributed by atoms with E-state index in [1.807, 2.05) is 24.5 Å². The summed E-state index contributed by atoms with van der Waals surface area (Å²) < 4.78 is 7.62. The van der Waals surface area contributed by atoms with Crippen molar-refractivity contribution in [3.05, 3.63) is 68.9 Å².